The van der Waals surface area contributed by atoms with E-state index >= 15 is 0 Å². The lowest BCUT2D eigenvalue weighted by Gasteiger charge is -2.21. The van der Waals surface area contributed by atoms with Crippen LogP contribution in [0.5, 0.6) is 0 Å². The minimum absolute atomic E-state index is 0.263. The Morgan fingerprint density at radius 3 is 1.90 bits per heavy atom. The van der Waals surface area contributed by atoms with E-state index in [9.17, 15) is 4.79 Å². The van der Waals surface area contributed by atoms with E-state index < -0.39 is 0 Å². The number of benzene rings is 2. The summed E-state index contributed by atoms with van der Waals surface area (Å²) in [7, 11) is 0. The van der Waals surface area contributed by atoms with Crippen LogP contribution in [0.4, 0.5) is 0 Å². The second kappa shape index (κ2) is 7.04. The zero-order valence-corrected chi connectivity index (χ0v) is 12.3. The first-order valence-corrected chi connectivity index (χ1v) is 7.26. The molecule has 20 heavy (non-hydrogen) atoms. The van der Waals surface area contributed by atoms with Gasteiger partial charge in [0.05, 0.1) is 0 Å². The van der Waals surface area contributed by atoms with Gasteiger partial charge in [-0.1, -0.05) is 67.6 Å². The fourth-order valence-corrected chi connectivity index (χ4v) is 2.75. The van der Waals surface area contributed by atoms with Crippen molar-refractivity contribution in [2.45, 2.75) is 38.5 Å². The number of Topliss-reactive ketones (excluding diaryl/α,β-unsaturated/α-hetero) is 1. The van der Waals surface area contributed by atoms with Crippen LogP contribution in [0.3, 0.4) is 0 Å². The molecule has 0 N–H and O–H groups in total. The molecule has 2 aromatic carbocycles. The first kappa shape index (κ1) is 14.5. The Kier molecular flexibility index (Phi) is 5.11. The minimum atomic E-state index is 0.263. The fraction of sp³-hybridized carbons (Fsp3) is 0.316. The van der Waals surface area contributed by atoms with Crippen LogP contribution < -0.4 is 0 Å². The van der Waals surface area contributed by atoms with Gasteiger partial charge < -0.3 is 4.79 Å². The van der Waals surface area contributed by atoms with Gasteiger partial charge in [-0.15, -0.1) is 0 Å². The lowest BCUT2D eigenvalue weighted by molar-refractivity contribution is -0.117. The molecule has 0 saturated heterocycles. The highest BCUT2D eigenvalue weighted by atomic mass is 16.1. The van der Waals surface area contributed by atoms with E-state index in [1.165, 1.54) is 11.1 Å². The molecule has 0 aliphatic carbocycles. The van der Waals surface area contributed by atoms with Crippen molar-refractivity contribution in [3.63, 3.8) is 0 Å². The second-order valence-electron chi connectivity index (χ2n) is 5.56. The van der Waals surface area contributed by atoms with Crippen molar-refractivity contribution < 1.29 is 4.79 Å². The normalized spacial score (nSPS) is 13.7. The van der Waals surface area contributed by atoms with Crippen molar-refractivity contribution in [2.75, 3.05) is 0 Å². The predicted molar refractivity (Wildman–Crippen MR) is 84.0 cm³/mol. The average molecular weight is 266 g/mol. The lowest BCUT2D eigenvalue weighted by Crippen LogP contribution is -2.08. The molecule has 0 aliphatic heterocycles. The summed E-state index contributed by atoms with van der Waals surface area (Å²) in [6.45, 7) is 3.93. The summed E-state index contributed by atoms with van der Waals surface area (Å²) >= 11 is 0. The molecule has 1 nitrogen and oxygen atoms in total. The summed E-state index contributed by atoms with van der Waals surface area (Å²) in [4.78, 5) is 11.5. The molecule has 1 heteroatoms. The largest absolute Gasteiger partial charge is 0.300 e. The van der Waals surface area contributed by atoms with Crippen LogP contribution >= 0.6 is 0 Å². The van der Waals surface area contributed by atoms with Crippen molar-refractivity contribution in [1.29, 1.82) is 0 Å². The molecule has 0 radical (unpaired) electrons. The van der Waals surface area contributed by atoms with Crippen LogP contribution in [0.2, 0.25) is 0 Å². The molecule has 0 spiro atoms. The molecule has 0 unspecified atom stereocenters. The van der Waals surface area contributed by atoms with Crippen LogP contribution in [0, 0.1) is 0 Å². The van der Waals surface area contributed by atoms with Crippen LogP contribution in [0.15, 0.2) is 60.7 Å². The SMILES string of the molecule is CC(=O)C[C@H](C[C@H](C)c1ccccc1)c1ccccc1. The van der Waals surface area contributed by atoms with E-state index in [4.69, 9.17) is 0 Å². The molecule has 0 heterocycles. The summed E-state index contributed by atoms with van der Waals surface area (Å²) in [6, 6.07) is 20.9. The Balaban J connectivity index is 2.14. The van der Waals surface area contributed by atoms with Gasteiger partial charge in [-0.05, 0) is 36.3 Å². The second-order valence-corrected chi connectivity index (χ2v) is 5.56. The van der Waals surface area contributed by atoms with Gasteiger partial charge in [-0.3, -0.25) is 0 Å². The number of carbonyl (C=O) groups is 1. The van der Waals surface area contributed by atoms with E-state index in [-0.39, 0.29) is 5.78 Å². The molecule has 0 aromatic heterocycles. The van der Waals surface area contributed by atoms with E-state index in [1.54, 1.807) is 6.92 Å². The van der Waals surface area contributed by atoms with Crippen LogP contribution in [-0.4, -0.2) is 5.78 Å². The summed E-state index contributed by atoms with van der Waals surface area (Å²) in [5.74, 6) is 1.03. The molecule has 0 bridgehead atoms. The monoisotopic (exact) mass is 266 g/mol. The van der Waals surface area contributed by atoms with Gasteiger partial charge in [-0.2, -0.15) is 0 Å². The molecule has 0 amide bonds. The molecule has 0 aliphatic rings. The maximum absolute atomic E-state index is 11.5. The number of carbonyl (C=O) groups excluding carboxylic acids is 1. The Morgan fingerprint density at radius 2 is 1.40 bits per heavy atom. The third-order valence-corrected chi connectivity index (χ3v) is 3.81. The molecular formula is C19H22O. The zero-order chi connectivity index (χ0) is 14.4. The maximum atomic E-state index is 11.5. The average Bonchev–Trinajstić information content (AvgIpc) is 2.48. The topological polar surface area (TPSA) is 17.1 Å². The van der Waals surface area contributed by atoms with Gasteiger partial charge >= 0.3 is 0 Å². The Bertz CT molecular complexity index is 530. The first-order chi connectivity index (χ1) is 9.66. The maximum Gasteiger partial charge on any atom is 0.130 e. The standard InChI is InChI=1S/C19H22O/c1-15(17-9-5-3-6-10-17)13-19(14-16(2)20)18-11-7-4-8-12-18/h3-12,15,19H,13-14H2,1-2H3/t15-,19-/m0/s1. The smallest absolute Gasteiger partial charge is 0.130 e. The summed E-state index contributed by atoms with van der Waals surface area (Å²) in [5.41, 5.74) is 2.61. The van der Waals surface area contributed by atoms with Crippen molar-refractivity contribution in [1.82, 2.24) is 0 Å². The molecule has 0 saturated carbocycles. The number of rotatable bonds is 6. The third-order valence-electron chi connectivity index (χ3n) is 3.81. The van der Waals surface area contributed by atoms with Crippen LogP contribution in [-0.2, 0) is 4.79 Å². The Hall–Kier alpha value is -1.89. The van der Waals surface area contributed by atoms with Gasteiger partial charge in [0, 0.05) is 6.42 Å². The minimum Gasteiger partial charge on any atom is -0.300 e. The molecule has 2 aromatic rings. The highest BCUT2D eigenvalue weighted by Crippen LogP contribution is 2.32. The van der Waals surface area contributed by atoms with E-state index in [2.05, 4.69) is 55.5 Å². The van der Waals surface area contributed by atoms with Crippen molar-refractivity contribution in [3.05, 3.63) is 71.8 Å². The molecular weight excluding hydrogens is 244 g/mol. The third kappa shape index (κ3) is 4.06. The van der Waals surface area contributed by atoms with Crippen molar-refractivity contribution in [3.8, 4) is 0 Å². The van der Waals surface area contributed by atoms with Crippen LogP contribution in [0.25, 0.3) is 0 Å². The van der Waals surface area contributed by atoms with Gasteiger partial charge in [0.25, 0.3) is 0 Å². The molecule has 2 rings (SSSR count). The number of ketones is 1. The van der Waals surface area contributed by atoms with Crippen LogP contribution in [0.1, 0.15) is 49.7 Å². The first-order valence-electron chi connectivity index (χ1n) is 7.26. The van der Waals surface area contributed by atoms with E-state index in [1.807, 2.05) is 12.1 Å². The van der Waals surface area contributed by atoms with Gasteiger partial charge in [0.2, 0.25) is 0 Å². The quantitative estimate of drug-likeness (QED) is 0.723. The number of hydrogen-bond donors (Lipinski definition) is 0. The predicted octanol–water partition coefficient (Wildman–Crippen LogP) is 4.94. The summed E-state index contributed by atoms with van der Waals surface area (Å²) in [6.07, 6.45) is 1.63. The van der Waals surface area contributed by atoms with Gasteiger partial charge in [-0.25, -0.2) is 0 Å². The van der Waals surface area contributed by atoms with Gasteiger partial charge in [0.1, 0.15) is 5.78 Å². The molecule has 2 atom stereocenters. The highest BCUT2D eigenvalue weighted by molar-refractivity contribution is 5.76. The Morgan fingerprint density at radius 1 is 0.900 bits per heavy atom. The molecule has 0 fully saturated rings. The lowest BCUT2D eigenvalue weighted by atomic mass is 9.83. The molecule has 104 valence electrons. The zero-order valence-electron chi connectivity index (χ0n) is 12.3. The van der Waals surface area contributed by atoms with Gasteiger partial charge in [0.15, 0.2) is 0 Å². The number of hydrogen-bond acceptors (Lipinski definition) is 1. The van der Waals surface area contributed by atoms with Crippen molar-refractivity contribution >= 4 is 5.78 Å². The Labute approximate surface area is 121 Å². The van der Waals surface area contributed by atoms with E-state index in [0.717, 1.165) is 6.42 Å². The summed E-state index contributed by atoms with van der Waals surface area (Å²) < 4.78 is 0. The summed E-state index contributed by atoms with van der Waals surface area (Å²) in [5, 5.41) is 0. The fourth-order valence-electron chi connectivity index (χ4n) is 2.75. The highest BCUT2D eigenvalue weighted by Gasteiger charge is 2.18. The van der Waals surface area contributed by atoms with Crippen molar-refractivity contribution in [2.24, 2.45) is 0 Å². The van der Waals surface area contributed by atoms with E-state index in [0.29, 0.717) is 18.3 Å².